The van der Waals surface area contributed by atoms with E-state index in [9.17, 15) is 0 Å². The zero-order chi connectivity index (χ0) is 34.5. The molecule has 6 aromatic carbocycles. The van der Waals surface area contributed by atoms with Crippen LogP contribution in [0.3, 0.4) is 0 Å². The van der Waals surface area contributed by atoms with Gasteiger partial charge < -0.3 is 0 Å². The summed E-state index contributed by atoms with van der Waals surface area (Å²) < 4.78 is 0. The first kappa shape index (κ1) is 30.4. The van der Waals surface area contributed by atoms with E-state index < -0.39 is 0 Å². The van der Waals surface area contributed by atoms with Crippen LogP contribution in [0.1, 0.15) is 25.0 Å². The van der Waals surface area contributed by atoms with E-state index in [0.29, 0.717) is 11.5 Å². The Labute approximate surface area is 297 Å². The molecule has 0 spiro atoms. The molecule has 0 saturated heterocycles. The number of rotatable bonds is 5. The normalized spacial score (nSPS) is 12.6. The Morgan fingerprint density at radius 3 is 1.92 bits per heavy atom. The number of nitrogens with zero attached hydrogens (tertiary/aromatic N) is 4. The van der Waals surface area contributed by atoms with Crippen molar-refractivity contribution in [3.05, 3.63) is 181 Å². The monoisotopic (exact) mass is 652 g/mol. The molecule has 0 unspecified atom stereocenters. The van der Waals surface area contributed by atoms with Gasteiger partial charge in [-0.1, -0.05) is 117 Å². The summed E-state index contributed by atoms with van der Waals surface area (Å²) in [5, 5.41) is 2.31. The Balaban J connectivity index is 1.25. The molecule has 240 valence electrons. The number of hydrogen-bond acceptors (Lipinski definition) is 3. The second kappa shape index (κ2) is 12.0. The van der Waals surface area contributed by atoms with Gasteiger partial charge in [0.1, 0.15) is 0 Å². The number of pyridine rings is 1. The first-order chi connectivity index (χ1) is 25.0. The molecule has 0 N–H and O–H groups in total. The largest absolute Gasteiger partial charge is 0.264 e. The lowest BCUT2D eigenvalue weighted by atomic mass is 9.79. The van der Waals surface area contributed by atoms with Crippen molar-refractivity contribution in [2.45, 2.75) is 19.3 Å². The summed E-state index contributed by atoms with van der Waals surface area (Å²) in [5.74, 6) is 0.681. The van der Waals surface area contributed by atoms with Crippen LogP contribution in [0.15, 0.2) is 158 Å². The van der Waals surface area contributed by atoms with Gasteiger partial charge >= 0.3 is 0 Å². The lowest BCUT2D eigenvalue weighted by molar-refractivity contribution is 0.666. The maximum absolute atomic E-state index is 8.10. The van der Waals surface area contributed by atoms with Gasteiger partial charge in [-0.15, -0.1) is 0 Å². The lowest BCUT2D eigenvalue weighted by Crippen LogP contribution is -2.15. The summed E-state index contributed by atoms with van der Waals surface area (Å²) in [5.41, 5.74) is 14.0. The predicted octanol–water partition coefficient (Wildman–Crippen LogP) is 12.2. The zero-order valence-electron chi connectivity index (χ0n) is 28.3. The Morgan fingerprint density at radius 1 is 0.549 bits per heavy atom. The minimum absolute atomic E-state index is 0.299. The van der Waals surface area contributed by atoms with Crippen LogP contribution in [-0.4, -0.2) is 15.0 Å². The molecule has 1 aliphatic carbocycles. The molecular weight excluding hydrogens is 621 g/mol. The highest BCUT2D eigenvalue weighted by atomic mass is 14.9. The molecule has 0 fully saturated rings. The quantitative estimate of drug-likeness (QED) is 0.174. The fourth-order valence-corrected chi connectivity index (χ4v) is 7.65. The molecule has 0 radical (unpaired) electrons. The minimum atomic E-state index is -0.299. The molecule has 51 heavy (non-hydrogen) atoms. The summed E-state index contributed by atoms with van der Waals surface area (Å²) in [4.78, 5) is 18.7. The van der Waals surface area contributed by atoms with Gasteiger partial charge in [0.25, 0.3) is 0 Å². The van der Waals surface area contributed by atoms with Crippen molar-refractivity contribution in [1.29, 1.82) is 0 Å². The third-order valence-electron chi connectivity index (χ3n) is 10.1. The standard InChI is InChI=1S/C47H32N4/c1-47(2)40-26-32(20-21-39(40)44-43(48-3)27-33-17-10-11-19-38(33)45(44)47)35-23-36(34-18-12-22-49-29-34)25-37(24-35)42-28-41(30-13-6-4-7-14-30)50-46(51-42)31-15-8-5-9-16-31/h4-29H,1-2H3. The summed E-state index contributed by atoms with van der Waals surface area (Å²) in [7, 11) is 0. The highest BCUT2D eigenvalue weighted by Gasteiger charge is 2.38. The molecule has 2 heterocycles. The first-order valence-electron chi connectivity index (χ1n) is 17.1. The van der Waals surface area contributed by atoms with Crippen molar-refractivity contribution in [3.8, 4) is 67.3 Å². The van der Waals surface area contributed by atoms with Gasteiger partial charge in [0.2, 0.25) is 0 Å². The molecule has 0 aliphatic heterocycles. The van der Waals surface area contributed by atoms with Crippen LogP contribution in [0.2, 0.25) is 0 Å². The highest BCUT2D eigenvalue weighted by molar-refractivity contribution is 6.04. The van der Waals surface area contributed by atoms with E-state index in [2.05, 4.69) is 115 Å². The lowest BCUT2D eigenvalue weighted by Gasteiger charge is -2.24. The van der Waals surface area contributed by atoms with E-state index in [1.807, 2.05) is 60.8 Å². The van der Waals surface area contributed by atoms with Crippen LogP contribution in [0.4, 0.5) is 5.69 Å². The van der Waals surface area contributed by atoms with Crippen LogP contribution in [-0.2, 0) is 5.41 Å². The Morgan fingerprint density at radius 2 is 1.20 bits per heavy atom. The SMILES string of the molecule is [C-]#[N+]c1cc2ccccc2c2c1-c1ccc(-c3cc(-c4cccnc4)cc(-c4cc(-c5ccccc5)nc(-c5ccccc5)n4)c3)cc1C2(C)C. The average molecular weight is 653 g/mol. The van der Waals surface area contributed by atoms with Crippen LogP contribution >= 0.6 is 0 Å². The topological polar surface area (TPSA) is 43.0 Å². The fraction of sp³-hybridized carbons (Fsp3) is 0.0638. The number of benzene rings is 6. The molecule has 8 aromatic rings. The van der Waals surface area contributed by atoms with Crippen molar-refractivity contribution in [2.24, 2.45) is 0 Å². The molecule has 2 aromatic heterocycles. The second-order valence-corrected chi connectivity index (χ2v) is 13.6. The minimum Gasteiger partial charge on any atom is -0.264 e. The van der Waals surface area contributed by atoms with E-state index in [0.717, 1.165) is 66.8 Å². The number of aromatic nitrogens is 3. The van der Waals surface area contributed by atoms with E-state index >= 15 is 0 Å². The maximum Gasteiger partial charge on any atom is 0.195 e. The van der Waals surface area contributed by atoms with Gasteiger partial charge in [0.05, 0.1) is 18.0 Å². The second-order valence-electron chi connectivity index (χ2n) is 13.6. The van der Waals surface area contributed by atoms with Gasteiger partial charge in [-0.3, -0.25) is 4.98 Å². The summed E-state index contributed by atoms with van der Waals surface area (Å²) in [6.45, 7) is 12.7. The number of fused-ring (bicyclic) bond motifs is 5. The Bertz CT molecular complexity index is 2600. The molecule has 0 bridgehead atoms. The van der Waals surface area contributed by atoms with E-state index in [4.69, 9.17) is 16.5 Å². The summed E-state index contributed by atoms with van der Waals surface area (Å²) in [6.07, 6.45) is 3.71. The fourth-order valence-electron chi connectivity index (χ4n) is 7.65. The van der Waals surface area contributed by atoms with Gasteiger partial charge in [0, 0.05) is 40.1 Å². The van der Waals surface area contributed by atoms with Crippen LogP contribution < -0.4 is 0 Å². The molecule has 4 heteroatoms. The van der Waals surface area contributed by atoms with E-state index in [-0.39, 0.29) is 5.41 Å². The van der Waals surface area contributed by atoms with Crippen molar-refractivity contribution in [3.63, 3.8) is 0 Å². The Hall–Kier alpha value is -6.70. The van der Waals surface area contributed by atoms with Crippen molar-refractivity contribution in [2.75, 3.05) is 0 Å². The van der Waals surface area contributed by atoms with Crippen LogP contribution in [0, 0.1) is 6.57 Å². The molecule has 0 atom stereocenters. The Kier molecular flexibility index (Phi) is 7.15. The van der Waals surface area contributed by atoms with E-state index in [1.54, 1.807) is 6.20 Å². The summed E-state index contributed by atoms with van der Waals surface area (Å²) >= 11 is 0. The smallest absolute Gasteiger partial charge is 0.195 e. The highest BCUT2D eigenvalue weighted by Crippen LogP contribution is 2.55. The van der Waals surface area contributed by atoms with Gasteiger partial charge in [-0.25, -0.2) is 14.8 Å². The van der Waals surface area contributed by atoms with Crippen molar-refractivity contribution in [1.82, 2.24) is 15.0 Å². The molecule has 0 saturated carbocycles. The molecular formula is C47H32N4. The summed E-state index contributed by atoms with van der Waals surface area (Å²) in [6, 6.07) is 50.5. The maximum atomic E-state index is 8.10. The number of hydrogen-bond donors (Lipinski definition) is 0. The van der Waals surface area contributed by atoms with E-state index in [1.165, 1.54) is 16.5 Å². The molecule has 4 nitrogen and oxygen atoms in total. The molecule has 0 amide bonds. The zero-order valence-corrected chi connectivity index (χ0v) is 28.3. The van der Waals surface area contributed by atoms with Crippen molar-refractivity contribution < 1.29 is 0 Å². The molecule has 9 rings (SSSR count). The first-order valence-corrected chi connectivity index (χ1v) is 17.1. The van der Waals surface area contributed by atoms with Crippen LogP contribution in [0.25, 0.3) is 82.9 Å². The van der Waals surface area contributed by atoms with Gasteiger partial charge in [-0.2, -0.15) is 0 Å². The average Bonchev–Trinajstić information content (AvgIpc) is 3.44. The molecule has 1 aliphatic rings. The third kappa shape index (κ3) is 5.19. The van der Waals surface area contributed by atoms with Gasteiger partial charge in [0.15, 0.2) is 11.5 Å². The third-order valence-corrected chi connectivity index (χ3v) is 10.1. The van der Waals surface area contributed by atoms with Gasteiger partial charge in [-0.05, 0) is 92.2 Å². The predicted molar refractivity (Wildman–Crippen MR) is 208 cm³/mol. The van der Waals surface area contributed by atoms with Crippen LogP contribution in [0.5, 0.6) is 0 Å². The van der Waals surface area contributed by atoms with Crippen molar-refractivity contribution >= 4 is 16.5 Å².